The highest BCUT2D eigenvalue weighted by atomic mass is 16.5. The van der Waals surface area contributed by atoms with Gasteiger partial charge in [0.05, 0.1) is 25.7 Å². The molecule has 1 N–H and O–H groups in total. The third-order valence-corrected chi connectivity index (χ3v) is 4.36. The van der Waals surface area contributed by atoms with Gasteiger partial charge in [0.1, 0.15) is 0 Å². The van der Waals surface area contributed by atoms with E-state index in [0.717, 1.165) is 37.3 Å². The Kier molecular flexibility index (Phi) is 5.32. The van der Waals surface area contributed by atoms with E-state index in [1.54, 1.807) is 14.2 Å². The molecule has 1 aliphatic heterocycles. The van der Waals surface area contributed by atoms with Crippen molar-refractivity contribution in [3.8, 4) is 0 Å². The molecular weight excluding hydrogens is 238 g/mol. The number of allylic oxidation sites excluding steroid dienone is 3. The molecule has 1 heterocycles. The first-order valence-corrected chi connectivity index (χ1v) is 7.53. The average Bonchev–Trinajstić information content (AvgIpc) is 2.47. The topological polar surface area (TPSA) is 30.5 Å². The Morgan fingerprint density at radius 1 is 1.26 bits per heavy atom. The van der Waals surface area contributed by atoms with Gasteiger partial charge in [0.25, 0.3) is 0 Å². The molecule has 2 unspecified atom stereocenters. The van der Waals surface area contributed by atoms with E-state index in [-0.39, 0.29) is 0 Å². The Bertz CT molecular complexity index is 354. The van der Waals surface area contributed by atoms with E-state index < -0.39 is 0 Å². The maximum atomic E-state index is 5.62. The molecule has 2 aliphatic rings. The predicted molar refractivity (Wildman–Crippen MR) is 77.8 cm³/mol. The molecule has 2 atom stereocenters. The molecule has 1 aliphatic carbocycles. The molecule has 0 aromatic heterocycles. The standard InChI is InChI=1S/C16H27NO2/c1-4-12-10-16(19-3)13(11-15(12)18-2)9-14-7-5-6-8-17-14/h11-12,14,17H,4-10H2,1-3H3. The number of piperidine rings is 1. The van der Waals surface area contributed by atoms with Crippen LogP contribution in [0.5, 0.6) is 0 Å². The van der Waals surface area contributed by atoms with E-state index >= 15 is 0 Å². The summed E-state index contributed by atoms with van der Waals surface area (Å²) in [5, 5.41) is 3.61. The van der Waals surface area contributed by atoms with Crippen LogP contribution in [-0.2, 0) is 9.47 Å². The second-order valence-electron chi connectivity index (χ2n) is 5.56. The van der Waals surface area contributed by atoms with Gasteiger partial charge in [-0.05, 0) is 43.9 Å². The zero-order chi connectivity index (χ0) is 13.7. The fourth-order valence-corrected chi connectivity index (χ4v) is 3.15. The van der Waals surface area contributed by atoms with Gasteiger partial charge >= 0.3 is 0 Å². The van der Waals surface area contributed by atoms with E-state index in [2.05, 4.69) is 18.3 Å². The van der Waals surface area contributed by atoms with Crippen LogP contribution in [0.1, 0.15) is 45.4 Å². The van der Waals surface area contributed by atoms with Gasteiger partial charge < -0.3 is 14.8 Å². The van der Waals surface area contributed by atoms with E-state index in [0.29, 0.717) is 12.0 Å². The normalized spacial score (nSPS) is 28.1. The number of ether oxygens (including phenoxy) is 2. The fourth-order valence-electron chi connectivity index (χ4n) is 3.15. The third kappa shape index (κ3) is 3.53. The lowest BCUT2D eigenvalue weighted by molar-refractivity contribution is 0.199. The summed E-state index contributed by atoms with van der Waals surface area (Å²) in [7, 11) is 3.57. The zero-order valence-corrected chi connectivity index (χ0v) is 12.5. The van der Waals surface area contributed by atoms with Crippen LogP contribution in [0.4, 0.5) is 0 Å². The highest BCUT2D eigenvalue weighted by Gasteiger charge is 2.25. The lowest BCUT2D eigenvalue weighted by atomic mass is 9.87. The Morgan fingerprint density at radius 2 is 2.11 bits per heavy atom. The lowest BCUT2D eigenvalue weighted by Gasteiger charge is -2.29. The summed E-state index contributed by atoms with van der Waals surface area (Å²) < 4.78 is 11.2. The van der Waals surface area contributed by atoms with Crippen molar-refractivity contribution in [1.29, 1.82) is 0 Å². The number of hydrogen-bond acceptors (Lipinski definition) is 3. The quantitative estimate of drug-likeness (QED) is 0.826. The SMILES string of the molecule is CCC1CC(OC)=C(CC2CCCCN2)C=C1OC. The van der Waals surface area contributed by atoms with Crippen LogP contribution < -0.4 is 5.32 Å². The molecule has 3 heteroatoms. The summed E-state index contributed by atoms with van der Waals surface area (Å²) in [5.74, 6) is 2.75. The molecule has 0 spiro atoms. The smallest absolute Gasteiger partial charge is 0.0996 e. The van der Waals surface area contributed by atoms with Crippen LogP contribution in [0.15, 0.2) is 23.2 Å². The van der Waals surface area contributed by atoms with Crippen LogP contribution in [0.3, 0.4) is 0 Å². The minimum absolute atomic E-state index is 0.475. The Labute approximate surface area is 117 Å². The van der Waals surface area contributed by atoms with Crippen molar-refractivity contribution in [3.63, 3.8) is 0 Å². The van der Waals surface area contributed by atoms with E-state index in [1.807, 2.05) is 0 Å². The van der Waals surface area contributed by atoms with Crippen molar-refractivity contribution in [2.45, 2.75) is 51.5 Å². The van der Waals surface area contributed by atoms with Gasteiger partial charge in [0, 0.05) is 18.4 Å². The van der Waals surface area contributed by atoms with Gasteiger partial charge in [0.15, 0.2) is 0 Å². The van der Waals surface area contributed by atoms with E-state index in [1.165, 1.54) is 24.8 Å². The van der Waals surface area contributed by atoms with Crippen LogP contribution in [0.25, 0.3) is 0 Å². The maximum Gasteiger partial charge on any atom is 0.0996 e. The molecule has 0 radical (unpaired) electrons. The van der Waals surface area contributed by atoms with Crippen molar-refractivity contribution in [1.82, 2.24) is 5.32 Å². The number of rotatable bonds is 5. The van der Waals surface area contributed by atoms with Gasteiger partial charge in [-0.25, -0.2) is 0 Å². The van der Waals surface area contributed by atoms with Gasteiger partial charge in [0.2, 0.25) is 0 Å². The molecular formula is C16H27NO2. The summed E-state index contributed by atoms with van der Waals surface area (Å²) in [6.45, 7) is 3.36. The Morgan fingerprint density at radius 3 is 2.68 bits per heavy atom. The first kappa shape index (κ1) is 14.4. The van der Waals surface area contributed by atoms with Crippen molar-refractivity contribution < 1.29 is 9.47 Å². The Hall–Kier alpha value is -0.960. The summed E-state index contributed by atoms with van der Waals surface area (Å²) in [4.78, 5) is 0. The van der Waals surface area contributed by atoms with Gasteiger partial charge in [-0.1, -0.05) is 13.3 Å². The predicted octanol–water partition coefficient (Wildman–Crippen LogP) is 3.38. The van der Waals surface area contributed by atoms with Crippen molar-refractivity contribution in [2.24, 2.45) is 5.92 Å². The Balaban J connectivity index is 2.10. The highest BCUT2D eigenvalue weighted by molar-refractivity contribution is 5.31. The zero-order valence-electron chi connectivity index (χ0n) is 12.5. The minimum Gasteiger partial charge on any atom is -0.501 e. The van der Waals surface area contributed by atoms with Crippen molar-refractivity contribution in [2.75, 3.05) is 20.8 Å². The number of methoxy groups -OCH3 is 2. The van der Waals surface area contributed by atoms with Gasteiger partial charge in [-0.15, -0.1) is 0 Å². The summed E-state index contributed by atoms with van der Waals surface area (Å²) in [5.41, 5.74) is 1.32. The third-order valence-electron chi connectivity index (χ3n) is 4.36. The van der Waals surface area contributed by atoms with Gasteiger partial charge in [-0.3, -0.25) is 0 Å². The van der Waals surface area contributed by atoms with Crippen LogP contribution in [0, 0.1) is 5.92 Å². The van der Waals surface area contributed by atoms with Crippen LogP contribution >= 0.6 is 0 Å². The molecule has 0 bridgehead atoms. The average molecular weight is 265 g/mol. The molecule has 108 valence electrons. The first-order valence-electron chi connectivity index (χ1n) is 7.53. The summed E-state index contributed by atoms with van der Waals surface area (Å²) in [6, 6.07) is 0.599. The monoisotopic (exact) mass is 265 g/mol. The maximum absolute atomic E-state index is 5.62. The minimum atomic E-state index is 0.475. The summed E-state index contributed by atoms with van der Waals surface area (Å²) >= 11 is 0. The molecule has 3 nitrogen and oxygen atoms in total. The molecule has 19 heavy (non-hydrogen) atoms. The molecule has 0 saturated carbocycles. The largest absolute Gasteiger partial charge is 0.501 e. The first-order chi connectivity index (χ1) is 9.28. The van der Waals surface area contributed by atoms with Crippen molar-refractivity contribution >= 4 is 0 Å². The molecule has 0 amide bonds. The second-order valence-corrected chi connectivity index (χ2v) is 5.56. The van der Waals surface area contributed by atoms with Crippen LogP contribution in [0.2, 0.25) is 0 Å². The highest BCUT2D eigenvalue weighted by Crippen LogP contribution is 2.34. The number of hydrogen-bond donors (Lipinski definition) is 1. The fraction of sp³-hybridized carbons (Fsp3) is 0.750. The van der Waals surface area contributed by atoms with Gasteiger partial charge in [-0.2, -0.15) is 0 Å². The summed E-state index contributed by atoms with van der Waals surface area (Å²) in [6.07, 6.45) is 9.28. The van der Waals surface area contributed by atoms with Crippen LogP contribution in [-0.4, -0.2) is 26.8 Å². The molecule has 2 rings (SSSR count). The molecule has 1 saturated heterocycles. The van der Waals surface area contributed by atoms with E-state index in [4.69, 9.17) is 9.47 Å². The molecule has 0 aromatic carbocycles. The molecule has 0 aromatic rings. The lowest BCUT2D eigenvalue weighted by Crippen LogP contribution is -2.34. The molecule has 1 fully saturated rings. The van der Waals surface area contributed by atoms with E-state index in [9.17, 15) is 0 Å². The van der Waals surface area contributed by atoms with Crippen molar-refractivity contribution in [3.05, 3.63) is 23.2 Å². The number of nitrogens with one attached hydrogen (secondary N) is 1. The second kappa shape index (κ2) is 6.99.